The number of hydrogen-bond donors (Lipinski definition) is 0. The van der Waals surface area contributed by atoms with E-state index in [0.29, 0.717) is 32.6 Å². The van der Waals surface area contributed by atoms with Crippen molar-refractivity contribution >= 4 is 11.9 Å². The molecule has 5 nitrogen and oxygen atoms in total. The van der Waals surface area contributed by atoms with Gasteiger partial charge in [-0.3, -0.25) is 4.79 Å². The van der Waals surface area contributed by atoms with E-state index in [2.05, 4.69) is 9.97 Å². The van der Waals surface area contributed by atoms with Crippen LogP contribution in [0, 0.1) is 5.92 Å². The summed E-state index contributed by atoms with van der Waals surface area (Å²) in [6.07, 6.45) is -0.732. The van der Waals surface area contributed by atoms with Gasteiger partial charge in [0.05, 0.1) is 0 Å². The highest BCUT2D eigenvalue weighted by atomic mass is 19.4. The molecule has 120 valence electrons. The van der Waals surface area contributed by atoms with Gasteiger partial charge in [0.25, 0.3) is 0 Å². The molecular weight excluding hydrogens is 297 g/mol. The maximum atomic E-state index is 12.7. The topological polar surface area (TPSA) is 49.3 Å². The van der Waals surface area contributed by atoms with E-state index in [1.165, 1.54) is 0 Å². The van der Waals surface area contributed by atoms with E-state index in [9.17, 15) is 18.0 Å². The van der Waals surface area contributed by atoms with Gasteiger partial charge in [0.1, 0.15) is 5.69 Å². The van der Waals surface area contributed by atoms with E-state index in [-0.39, 0.29) is 17.8 Å². The van der Waals surface area contributed by atoms with Gasteiger partial charge in [-0.15, -0.1) is 0 Å². The highest BCUT2D eigenvalue weighted by molar-refractivity contribution is 5.81. The first-order chi connectivity index (χ1) is 10.4. The normalized spacial score (nSPS) is 20.0. The molecule has 1 aliphatic heterocycles. The van der Waals surface area contributed by atoms with Crippen LogP contribution in [-0.2, 0) is 11.0 Å². The summed E-state index contributed by atoms with van der Waals surface area (Å²) in [6, 6.07) is 0.865. The third kappa shape index (κ3) is 3.31. The van der Waals surface area contributed by atoms with Crippen LogP contribution in [0.5, 0.6) is 0 Å². The third-order valence-corrected chi connectivity index (χ3v) is 3.95. The first kappa shape index (κ1) is 15.1. The van der Waals surface area contributed by atoms with Gasteiger partial charge >= 0.3 is 6.18 Å². The number of anilines is 1. The van der Waals surface area contributed by atoms with Crippen LogP contribution in [0.3, 0.4) is 0 Å². The van der Waals surface area contributed by atoms with Crippen LogP contribution >= 0.6 is 0 Å². The summed E-state index contributed by atoms with van der Waals surface area (Å²) >= 11 is 0. The zero-order valence-electron chi connectivity index (χ0n) is 12.0. The Hall–Kier alpha value is -1.86. The Bertz CT molecular complexity index is 559. The molecule has 2 aliphatic rings. The summed E-state index contributed by atoms with van der Waals surface area (Å²) in [5.74, 6) is 0.415. The molecule has 1 amide bonds. The minimum atomic E-state index is -4.47. The van der Waals surface area contributed by atoms with E-state index >= 15 is 0 Å². The molecule has 2 heterocycles. The molecule has 1 aromatic rings. The molecule has 1 aromatic heterocycles. The summed E-state index contributed by atoms with van der Waals surface area (Å²) < 4.78 is 38.2. The Morgan fingerprint density at radius 3 is 2.64 bits per heavy atom. The van der Waals surface area contributed by atoms with Crippen LogP contribution in [0.2, 0.25) is 0 Å². The molecule has 1 saturated carbocycles. The number of amides is 1. The zero-order valence-corrected chi connectivity index (χ0v) is 12.0. The molecule has 1 aliphatic carbocycles. The standard InChI is InChI=1S/C14H17F3N4O/c15-14(16,17)11-4-5-18-13(19-11)21-7-1-6-20(8-9-21)12(22)10-2-3-10/h4-5,10H,1-3,6-9H2. The number of rotatable bonds is 2. The van der Waals surface area contributed by atoms with Gasteiger partial charge in [-0.1, -0.05) is 0 Å². The Kier molecular flexibility index (Phi) is 3.92. The quantitative estimate of drug-likeness (QED) is 0.837. The Labute approximate surface area is 126 Å². The van der Waals surface area contributed by atoms with E-state index in [0.717, 1.165) is 25.1 Å². The van der Waals surface area contributed by atoms with Crippen molar-refractivity contribution in [2.45, 2.75) is 25.4 Å². The van der Waals surface area contributed by atoms with Crippen LogP contribution in [0.4, 0.5) is 19.1 Å². The van der Waals surface area contributed by atoms with Crippen molar-refractivity contribution in [1.82, 2.24) is 14.9 Å². The minimum Gasteiger partial charge on any atom is -0.341 e. The predicted molar refractivity (Wildman–Crippen MR) is 73.2 cm³/mol. The molecule has 2 fully saturated rings. The first-order valence-corrected chi connectivity index (χ1v) is 7.39. The first-order valence-electron chi connectivity index (χ1n) is 7.39. The number of hydrogen-bond acceptors (Lipinski definition) is 4. The second-order valence-corrected chi connectivity index (χ2v) is 5.68. The van der Waals surface area contributed by atoms with Crippen molar-refractivity contribution in [3.05, 3.63) is 18.0 Å². The fourth-order valence-corrected chi connectivity index (χ4v) is 2.58. The zero-order chi connectivity index (χ0) is 15.7. The van der Waals surface area contributed by atoms with E-state index in [1.807, 2.05) is 4.90 Å². The predicted octanol–water partition coefficient (Wildman–Crippen LogP) is 1.94. The van der Waals surface area contributed by atoms with Crippen LogP contribution in [0.1, 0.15) is 25.0 Å². The van der Waals surface area contributed by atoms with Crippen molar-refractivity contribution in [2.75, 3.05) is 31.1 Å². The second kappa shape index (κ2) is 5.73. The van der Waals surface area contributed by atoms with Crippen LogP contribution in [0.25, 0.3) is 0 Å². The molecule has 0 N–H and O–H groups in total. The van der Waals surface area contributed by atoms with E-state index < -0.39 is 11.9 Å². The number of nitrogens with zero attached hydrogens (tertiary/aromatic N) is 4. The number of alkyl halides is 3. The molecule has 0 bridgehead atoms. The van der Waals surface area contributed by atoms with Gasteiger partial charge in [-0.25, -0.2) is 9.97 Å². The lowest BCUT2D eigenvalue weighted by molar-refractivity contribution is -0.141. The molecule has 0 radical (unpaired) electrons. The molecule has 0 spiro atoms. The van der Waals surface area contributed by atoms with Crippen LogP contribution < -0.4 is 4.90 Å². The van der Waals surface area contributed by atoms with Gasteiger partial charge < -0.3 is 9.80 Å². The van der Waals surface area contributed by atoms with Crippen LogP contribution in [0.15, 0.2) is 12.3 Å². The second-order valence-electron chi connectivity index (χ2n) is 5.68. The molecule has 8 heteroatoms. The molecule has 22 heavy (non-hydrogen) atoms. The van der Waals surface area contributed by atoms with Gasteiger partial charge in [-0.05, 0) is 25.3 Å². The molecule has 0 unspecified atom stereocenters. The number of aromatic nitrogens is 2. The summed E-state index contributed by atoms with van der Waals surface area (Å²) in [5, 5.41) is 0. The highest BCUT2D eigenvalue weighted by Crippen LogP contribution is 2.31. The Balaban J connectivity index is 1.69. The molecular formula is C14H17F3N4O. The molecule has 3 rings (SSSR count). The average molecular weight is 314 g/mol. The monoisotopic (exact) mass is 314 g/mol. The maximum Gasteiger partial charge on any atom is 0.433 e. The van der Waals surface area contributed by atoms with Crippen LogP contribution in [-0.4, -0.2) is 47.0 Å². The molecule has 0 aromatic carbocycles. The van der Waals surface area contributed by atoms with Crippen molar-refractivity contribution < 1.29 is 18.0 Å². The highest BCUT2D eigenvalue weighted by Gasteiger charge is 2.35. The van der Waals surface area contributed by atoms with E-state index in [4.69, 9.17) is 0 Å². The summed E-state index contributed by atoms with van der Waals surface area (Å²) in [5.41, 5.74) is -0.937. The van der Waals surface area contributed by atoms with Gasteiger partial charge in [-0.2, -0.15) is 13.2 Å². The number of carbonyl (C=O) groups excluding carboxylic acids is 1. The third-order valence-electron chi connectivity index (χ3n) is 3.95. The lowest BCUT2D eigenvalue weighted by Crippen LogP contribution is -2.36. The fraction of sp³-hybridized carbons (Fsp3) is 0.643. The van der Waals surface area contributed by atoms with Gasteiger partial charge in [0.2, 0.25) is 11.9 Å². The fourth-order valence-electron chi connectivity index (χ4n) is 2.58. The van der Waals surface area contributed by atoms with Crippen molar-refractivity contribution in [3.63, 3.8) is 0 Å². The van der Waals surface area contributed by atoms with Crippen molar-refractivity contribution in [3.8, 4) is 0 Å². The minimum absolute atomic E-state index is 0.0792. The lowest BCUT2D eigenvalue weighted by atomic mass is 10.3. The number of carbonyl (C=O) groups is 1. The van der Waals surface area contributed by atoms with Gasteiger partial charge in [0, 0.05) is 38.3 Å². The summed E-state index contributed by atoms with van der Waals surface area (Å²) in [4.78, 5) is 23.2. The lowest BCUT2D eigenvalue weighted by Gasteiger charge is -2.22. The van der Waals surface area contributed by atoms with Crippen molar-refractivity contribution in [2.24, 2.45) is 5.92 Å². The molecule has 1 saturated heterocycles. The smallest absolute Gasteiger partial charge is 0.341 e. The molecule has 0 atom stereocenters. The maximum absolute atomic E-state index is 12.7. The largest absolute Gasteiger partial charge is 0.433 e. The Morgan fingerprint density at radius 1 is 1.18 bits per heavy atom. The van der Waals surface area contributed by atoms with Gasteiger partial charge in [0.15, 0.2) is 0 Å². The summed E-state index contributed by atoms with van der Waals surface area (Å²) in [6.45, 7) is 2.16. The Morgan fingerprint density at radius 2 is 1.95 bits per heavy atom. The SMILES string of the molecule is O=C(C1CC1)N1CCCN(c2nccc(C(F)(F)F)n2)CC1. The van der Waals surface area contributed by atoms with Crippen molar-refractivity contribution in [1.29, 1.82) is 0 Å². The number of halogens is 3. The summed E-state index contributed by atoms with van der Waals surface area (Å²) in [7, 11) is 0. The average Bonchev–Trinajstić information content (AvgIpc) is 3.32. The van der Waals surface area contributed by atoms with E-state index in [1.54, 1.807) is 4.90 Å².